The van der Waals surface area contributed by atoms with Gasteiger partial charge in [-0.25, -0.2) is 9.59 Å². The summed E-state index contributed by atoms with van der Waals surface area (Å²) in [5, 5.41) is 11.5. The zero-order valence-corrected chi connectivity index (χ0v) is 14.2. The molecule has 2 N–H and O–H groups in total. The van der Waals surface area contributed by atoms with Crippen LogP contribution in [0.4, 0.5) is 4.79 Å². The first kappa shape index (κ1) is 18.7. The predicted molar refractivity (Wildman–Crippen MR) is 90.1 cm³/mol. The highest BCUT2D eigenvalue weighted by atomic mass is 16.6. The Morgan fingerprint density at radius 2 is 1.96 bits per heavy atom. The van der Waals surface area contributed by atoms with Crippen molar-refractivity contribution in [1.29, 1.82) is 0 Å². The molecular weight excluding hydrogens is 294 g/mol. The number of carboxylic acid groups (broad SMARTS) is 1. The van der Waals surface area contributed by atoms with Crippen molar-refractivity contribution in [2.45, 2.75) is 52.2 Å². The molecule has 23 heavy (non-hydrogen) atoms. The Morgan fingerprint density at radius 3 is 2.52 bits per heavy atom. The normalized spacial score (nSPS) is 18.7. The Balaban J connectivity index is 2.72. The molecule has 0 spiro atoms. The molecule has 5 heteroatoms. The lowest BCUT2D eigenvalue weighted by atomic mass is 10.1. The highest BCUT2D eigenvalue weighted by Crippen LogP contribution is 2.27. The van der Waals surface area contributed by atoms with Gasteiger partial charge in [0.05, 0.1) is 6.04 Å². The second kappa shape index (κ2) is 7.81. The Kier molecular flexibility index (Phi) is 6.37. The summed E-state index contributed by atoms with van der Waals surface area (Å²) in [5.74, 6) is -1.01. The van der Waals surface area contributed by atoms with Crippen LogP contribution in [-0.4, -0.2) is 28.8 Å². The number of hydrogen-bond donors (Lipinski definition) is 2. The number of hydrogen-bond acceptors (Lipinski definition) is 3. The van der Waals surface area contributed by atoms with E-state index in [1.54, 1.807) is 6.08 Å². The van der Waals surface area contributed by atoms with Gasteiger partial charge in [-0.3, -0.25) is 0 Å². The van der Waals surface area contributed by atoms with Gasteiger partial charge in [0.25, 0.3) is 0 Å². The lowest BCUT2D eigenvalue weighted by Crippen LogP contribution is -2.38. The molecule has 0 saturated heterocycles. The van der Waals surface area contributed by atoms with Gasteiger partial charge in [-0.2, -0.15) is 0 Å². The third-order valence-corrected chi connectivity index (χ3v) is 3.28. The first-order valence-corrected chi connectivity index (χ1v) is 7.55. The fourth-order valence-corrected chi connectivity index (χ4v) is 2.25. The Hall–Kier alpha value is -2.30. The van der Waals surface area contributed by atoms with E-state index in [1.165, 1.54) is 11.6 Å². The van der Waals surface area contributed by atoms with Crippen LogP contribution < -0.4 is 5.32 Å². The molecule has 0 heterocycles. The number of nitrogens with one attached hydrogen (secondary N) is 1. The van der Waals surface area contributed by atoms with E-state index < -0.39 is 17.7 Å². The second-order valence-electron chi connectivity index (χ2n) is 6.55. The van der Waals surface area contributed by atoms with Crippen molar-refractivity contribution in [1.82, 2.24) is 5.32 Å². The van der Waals surface area contributed by atoms with Gasteiger partial charge in [0.2, 0.25) is 0 Å². The number of carbonyl (C=O) groups excluding carboxylic acids is 1. The number of rotatable bonds is 5. The predicted octanol–water partition coefficient (Wildman–Crippen LogP) is 3.74. The van der Waals surface area contributed by atoms with Crippen LogP contribution in [0.25, 0.3) is 0 Å². The van der Waals surface area contributed by atoms with Crippen molar-refractivity contribution in [3.05, 3.63) is 47.6 Å². The van der Waals surface area contributed by atoms with Gasteiger partial charge in [0.1, 0.15) is 5.60 Å². The summed E-state index contributed by atoms with van der Waals surface area (Å²) in [5.41, 5.74) is 2.25. The minimum atomic E-state index is -1.01. The van der Waals surface area contributed by atoms with Crippen molar-refractivity contribution in [2.24, 2.45) is 0 Å². The minimum Gasteiger partial charge on any atom is -0.478 e. The summed E-state index contributed by atoms with van der Waals surface area (Å²) < 4.78 is 5.28. The van der Waals surface area contributed by atoms with Crippen molar-refractivity contribution in [2.75, 3.05) is 0 Å². The van der Waals surface area contributed by atoms with Crippen molar-refractivity contribution >= 4 is 12.1 Å². The van der Waals surface area contributed by atoms with Crippen LogP contribution >= 0.6 is 0 Å². The molecule has 0 aromatic carbocycles. The average Bonchev–Trinajstić information content (AvgIpc) is 2.72. The molecule has 0 aliphatic heterocycles. The SMILES string of the molecule is C=C(/C=C\C1=C(C)CCC1NC(=O)OC(C)(C)C)/C=C/C(=O)O. The van der Waals surface area contributed by atoms with Gasteiger partial charge < -0.3 is 15.2 Å². The lowest BCUT2D eigenvalue weighted by Gasteiger charge is -2.22. The van der Waals surface area contributed by atoms with Gasteiger partial charge in [0.15, 0.2) is 0 Å². The molecular formula is C18H25NO4. The maximum Gasteiger partial charge on any atom is 0.408 e. The molecule has 1 unspecified atom stereocenters. The topological polar surface area (TPSA) is 75.6 Å². The molecule has 1 amide bonds. The summed E-state index contributed by atoms with van der Waals surface area (Å²) in [6.07, 6.45) is 7.37. The van der Waals surface area contributed by atoms with Crippen LogP contribution in [0.1, 0.15) is 40.5 Å². The molecule has 1 atom stereocenters. The molecule has 0 radical (unpaired) electrons. The standard InChI is InChI=1S/C18H25NO4/c1-12(7-11-16(20)21)6-9-14-13(2)8-10-15(14)19-17(22)23-18(3,4)5/h6-7,9,11,15H,1,8,10H2,2-5H3,(H,19,22)(H,20,21)/b9-6-,11-7+. The largest absolute Gasteiger partial charge is 0.478 e. The number of aliphatic carboxylic acids is 1. The number of carbonyl (C=O) groups is 2. The lowest BCUT2D eigenvalue weighted by molar-refractivity contribution is -0.131. The van der Waals surface area contributed by atoms with Crippen LogP contribution in [0, 0.1) is 0 Å². The van der Waals surface area contributed by atoms with Gasteiger partial charge >= 0.3 is 12.1 Å². The zero-order valence-electron chi connectivity index (χ0n) is 14.2. The summed E-state index contributed by atoms with van der Waals surface area (Å²) >= 11 is 0. The number of allylic oxidation sites excluding steroid dienone is 4. The smallest absolute Gasteiger partial charge is 0.408 e. The molecule has 0 fully saturated rings. The average molecular weight is 319 g/mol. The third kappa shape index (κ3) is 7.00. The number of ether oxygens (including phenoxy) is 1. The second-order valence-corrected chi connectivity index (χ2v) is 6.55. The van der Waals surface area contributed by atoms with Crippen molar-refractivity contribution in [3.8, 4) is 0 Å². The Bertz CT molecular complexity index is 576. The van der Waals surface area contributed by atoms with Crippen LogP contribution in [0.15, 0.2) is 47.6 Å². The van der Waals surface area contributed by atoms with E-state index >= 15 is 0 Å². The molecule has 1 rings (SSSR count). The van der Waals surface area contributed by atoms with E-state index in [2.05, 4.69) is 11.9 Å². The van der Waals surface area contributed by atoms with E-state index in [0.29, 0.717) is 5.57 Å². The zero-order chi connectivity index (χ0) is 17.6. The van der Waals surface area contributed by atoms with E-state index in [1.807, 2.05) is 33.8 Å². The Labute approximate surface area is 137 Å². The van der Waals surface area contributed by atoms with Crippen LogP contribution in [-0.2, 0) is 9.53 Å². The monoisotopic (exact) mass is 319 g/mol. The van der Waals surface area contributed by atoms with E-state index in [4.69, 9.17) is 9.84 Å². The Morgan fingerprint density at radius 1 is 1.30 bits per heavy atom. The van der Waals surface area contributed by atoms with E-state index in [9.17, 15) is 9.59 Å². The van der Waals surface area contributed by atoms with Crippen LogP contribution in [0.3, 0.4) is 0 Å². The fraction of sp³-hybridized carbons (Fsp3) is 0.444. The summed E-state index contributed by atoms with van der Waals surface area (Å²) in [4.78, 5) is 22.4. The van der Waals surface area contributed by atoms with Crippen molar-refractivity contribution < 1.29 is 19.4 Å². The van der Waals surface area contributed by atoms with E-state index in [-0.39, 0.29) is 6.04 Å². The summed E-state index contributed by atoms with van der Waals surface area (Å²) in [6, 6.07) is -0.0997. The summed E-state index contributed by atoms with van der Waals surface area (Å²) in [7, 11) is 0. The first-order chi connectivity index (χ1) is 10.6. The highest BCUT2D eigenvalue weighted by Gasteiger charge is 2.25. The van der Waals surface area contributed by atoms with Crippen LogP contribution in [0.5, 0.6) is 0 Å². The molecule has 1 aliphatic carbocycles. The highest BCUT2D eigenvalue weighted by molar-refractivity contribution is 5.80. The molecule has 0 saturated carbocycles. The molecule has 1 aliphatic rings. The fourth-order valence-electron chi connectivity index (χ4n) is 2.25. The summed E-state index contributed by atoms with van der Waals surface area (Å²) in [6.45, 7) is 11.3. The van der Waals surface area contributed by atoms with Gasteiger partial charge in [-0.15, -0.1) is 0 Å². The molecule has 0 aromatic rings. The molecule has 0 bridgehead atoms. The third-order valence-electron chi connectivity index (χ3n) is 3.28. The van der Waals surface area contributed by atoms with Gasteiger partial charge in [-0.05, 0) is 57.8 Å². The van der Waals surface area contributed by atoms with Gasteiger partial charge in [0, 0.05) is 6.08 Å². The number of carboxylic acids is 1. The quantitative estimate of drug-likeness (QED) is 0.598. The molecule has 126 valence electrons. The number of alkyl carbamates (subject to hydrolysis) is 1. The first-order valence-electron chi connectivity index (χ1n) is 7.55. The van der Waals surface area contributed by atoms with Crippen LogP contribution in [0.2, 0.25) is 0 Å². The maximum absolute atomic E-state index is 11.9. The minimum absolute atomic E-state index is 0.0997. The maximum atomic E-state index is 11.9. The van der Waals surface area contributed by atoms with Gasteiger partial charge in [-0.1, -0.05) is 24.3 Å². The molecule has 5 nitrogen and oxygen atoms in total. The van der Waals surface area contributed by atoms with Crippen molar-refractivity contribution in [3.63, 3.8) is 0 Å². The number of amides is 1. The molecule has 0 aromatic heterocycles. The van der Waals surface area contributed by atoms with E-state index in [0.717, 1.165) is 24.5 Å².